The van der Waals surface area contributed by atoms with Crippen molar-refractivity contribution in [2.45, 2.75) is 38.8 Å². The largest absolute Gasteiger partial charge is 0.444 e. The van der Waals surface area contributed by atoms with Crippen molar-refractivity contribution in [1.29, 1.82) is 0 Å². The molecule has 5 heteroatoms. The van der Waals surface area contributed by atoms with E-state index in [9.17, 15) is 4.79 Å². The van der Waals surface area contributed by atoms with Gasteiger partial charge in [-0.15, -0.1) is 0 Å². The molecule has 1 atom stereocenters. The molecule has 0 spiro atoms. The molecule has 0 aromatic heterocycles. The lowest BCUT2D eigenvalue weighted by Crippen LogP contribution is -2.41. The summed E-state index contributed by atoms with van der Waals surface area (Å²) in [5, 5.41) is 3.22. The maximum Gasteiger partial charge on any atom is 0.410 e. The topological polar surface area (TPSA) is 41.6 Å². The molecule has 1 rings (SSSR count). The zero-order chi connectivity index (χ0) is 13.5. The second kappa shape index (κ2) is 7.32. The number of alkyl halides is 1. The van der Waals surface area contributed by atoms with E-state index >= 15 is 0 Å². The highest BCUT2D eigenvalue weighted by Gasteiger charge is 2.26. The molecule has 1 unspecified atom stereocenters. The number of carbonyl (C=O) groups is 1. The molecule has 0 aromatic carbocycles. The Hall–Kier alpha value is -0.0400. The Morgan fingerprint density at radius 3 is 2.56 bits per heavy atom. The summed E-state index contributed by atoms with van der Waals surface area (Å²) in [5.74, 6) is 0. The van der Waals surface area contributed by atoms with Crippen molar-refractivity contribution < 1.29 is 10.9 Å². The Bertz CT molecular complexity index is 228. The van der Waals surface area contributed by atoms with E-state index in [0.29, 0.717) is 4.91 Å². The highest BCUT2D eigenvalue weighted by atomic mass is 127. The van der Waals surface area contributed by atoms with Crippen molar-refractivity contribution >= 4 is 28.7 Å². The first-order chi connectivity index (χ1) is 7.81. The van der Waals surface area contributed by atoms with E-state index in [-0.39, 0.29) is 12.1 Å². The molecule has 1 fully saturated rings. The number of nitrogens with one attached hydrogen (secondary N) is 1. The minimum Gasteiger partial charge on any atom is -0.444 e. The van der Waals surface area contributed by atoms with E-state index in [4.69, 9.17) is 6.11 Å². The smallest absolute Gasteiger partial charge is 0.410 e. The highest BCUT2D eigenvalue weighted by molar-refractivity contribution is 14.1. The number of amides is 1. The third-order valence-electron chi connectivity index (χ3n) is 2.26. The highest BCUT2D eigenvalue weighted by Crippen LogP contribution is 2.13. The number of hydrogen-bond acceptors (Lipinski definition) is 3. The summed E-state index contributed by atoms with van der Waals surface area (Å²) in [7, 11) is 1.80. The van der Waals surface area contributed by atoms with E-state index in [0.717, 1.165) is 19.5 Å². The Kier molecular flexibility index (Phi) is 6.41. The summed E-state index contributed by atoms with van der Waals surface area (Å²) in [5.41, 5.74) is -0.405. The zero-order valence-electron chi connectivity index (χ0n) is 11.5. The molecular formula is C11H23IN2O2. The van der Waals surface area contributed by atoms with E-state index in [1.54, 1.807) is 11.9 Å². The molecule has 4 nitrogen and oxygen atoms in total. The average Bonchev–Trinajstić information content (AvgIpc) is 2.67. The van der Waals surface area contributed by atoms with Gasteiger partial charge in [0, 0.05) is 21.0 Å². The third kappa shape index (κ3) is 5.89. The van der Waals surface area contributed by atoms with Crippen molar-refractivity contribution in [2.24, 2.45) is 0 Å². The number of rotatable bonds is 1. The SMILES string of the molecule is CN(C(=O)OC(C)(C)C)C1CCNC1.[3H]CI. The van der Waals surface area contributed by atoms with Crippen LogP contribution in [0.5, 0.6) is 0 Å². The molecular weight excluding hydrogens is 319 g/mol. The van der Waals surface area contributed by atoms with E-state index in [1.807, 2.05) is 43.4 Å². The Balaban J connectivity index is 0.000000770. The minimum absolute atomic E-state index is 0.230. The molecule has 1 aliphatic rings. The number of hydrogen-bond donors (Lipinski definition) is 1. The molecule has 1 aliphatic heterocycles. The predicted octanol–water partition coefficient (Wildman–Crippen LogP) is 2.27. The fraction of sp³-hybridized carbons (Fsp3) is 0.909. The normalized spacial score (nSPS) is 20.6. The van der Waals surface area contributed by atoms with Gasteiger partial charge in [0.1, 0.15) is 5.60 Å². The van der Waals surface area contributed by atoms with Crippen LogP contribution in [0.3, 0.4) is 0 Å². The van der Waals surface area contributed by atoms with Gasteiger partial charge in [-0.1, -0.05) is 22.6 Å². The standard InChI is InChI=1S/C10H20N2O2.CH3I/c1-10(2,3)14-9(13)12(4)8-5-6-11-7-8;1-2/h8,11H,5-7H2,1-4H3;1H3/i;1T. The van der Waals surface area contributed by atoms with Crippen LogP contribution in [0.1, 0.15) is 28.6 Å². The molecule has 0 aromatic rings. The van der Waals surface area contributed by atoms with Crippen LogP contribution in [-0.4, -0.2) is 47.7 Å². The summed E-state index contributed by atoms with van der Waals surface area (Å²) in [6.07, 6.45) is 0.779. The lowest BCUT2D eigenvalue weighted by Gasteiger charge is -2.28. The number of likely N-dealkylation sites (N-methyl/N-ethyl adjacent to an activating group) is 1. The third-order valence-corrected chi connectivity index (χ3v) is 2.26. The first kappa shape index (κ1) is 14.0. The van der Waals surface area contributed by atoms with Gasteiger partial charge in [-0.3, -0.25) is 0 Å². The Labute approximate surface area is 114 Å². The molecule has 1 amide bonds. The summed E-state index contributed by atoms with van der Waals surface area (Å²) in [6, 6.07) is 0.282. The van der Waals surface area contributed by atoms with Gasteiger partial charge in [0.25, 0.3) is 0 Å². The molecule has 96 valence electrons. The van der Waals surface area contributed by atoms with E-state index in [1.165, 1.54) is 0 Å². The average molecular weight is 344 g/mol. The molecule has 1 heterocycles. The van der Waals surface area contributed by atoms with Crippen LogP contribution < -0.4 is 5.32 Å². The monoisotopic (exact) mass is 344 g/mol. The predicted molar refractivity (Wildman–Crippen MR) is 75.2 cm³/mol. The first-order valence-corrected chi connectivity index (χ1v) is 6.86. The lowest BCUT2D eigenvalue weighted by molar-refractivity contribution is 0.0236. The molecule has 1 N–H and O–H groups in total. The van der Waals surface area contributed by atoms with E-state index in [2.05, 4.69) is 5.32 Å². The molecule has 16 heavy (non-hydrogen) atoms. The van der Waals surface area contributed by atoms with Crippen LogP contribution in [0.15, 0.2) is 0 Å². The molecule has 1 saturated heterocycles. The van der Waals surface area contributed by atoms with Crippen molar-refractivity contribution in [3.05, 3.63) is 0 Å². The second-order valence-corrected chi connectivity index (χ2v) is 4.74. The van der Waals surface area contributed by atoms with Gasteiger partial charge in [-0.25, -0.2) is 4.79 Å². The quantitative estimate of drug-likeness (QED) is 0.586. The maximum absolute atomic E-state index is 11.6. The van der Waals surface area contributed by atoms with Crippen LogP contribution in [-0.2, 0) is 4.74 Å². The van der Waals surface area contributed by atoms with Gasteiger partial charge in [-0.2, -0.15) is 0 Å². The minimum atomic E-state index is -0.405. The summed E-state index contributed by atoms with van der Waals surface area (Å²) < 4.78 is 11.5. The van der Waals surface area contributed by atoms with Gasteiger partial charge in [0.15, 0.2) is 0 Å². The van der Waals surface area contributed by atoms with Crippen LogP contribution in [0, 0.1) is 0 Å². The van der Waals surface area contributed by atoms with Crippen molar-refractivity contribution in [2.75, 3.05) is 25.0 Å². The second-order valence-electron chi connectivity index (χ2n) is 4.74. The number of ether oxygens (including phenoxy) is 1. The van der Waals surface area contributed by atoms with Gasteiger partial charge >= 0.3 is 6.09 Å². The molecule has 0 saturated carbocycles. The lowest BCUT2D eigenvalue weighted by atomic mass is 10.2. The van der Waals surface area contributed by atoms with Crippen LogP contribution >= 0.6 is 22.6 Å². The fourth-order valence-electron chi connectivity index (χ4n) is 1.45. The number of nitrogens with zero attached hydrogens (tertiary/aromatic N) is 1. The van der Waals surface area contributed by atoms with Crippen LogP contribution in [0.25, 0.3) is 0 Å². The Morgan fingerprint density at radius 2 is 2.19 bits per heavy atom. The van der Waals surface area contributed by atoms with E-state index < -0.39 is 5.60 Å². The molecule has 0 bridgehead atoms. The number of carbonyl (C=O) groups excluding carboxylic acids is 1. The maximum atomic E-state index is 11.6. The van der Waals surface area contributed by atoms with Crippen molar-refractivity contribution in [3.8, 4) is 0 Å². The van der Waals surface area contributed by atoms with Gasteiger partial charge < -0.3 is 15.0 Å². The summed E-state index contributed by atoms with van der Waals surface area (Å²) in [4.78, 5) is 13.8. The Morgan fingerprint density at radius 1 is 1.62 bits per heavy atom. The molecule has 0 radical (unpaired) electrons. The van der Waals surface area contributed by atoms with Crippen molar-refractivity contribution in [1.82, 2.24) is 10.2 Å². The van der Waals surface area contributed by atoms with Crippen LogP contribution in [0.4, 0.5) is 4.79 Å². The van der Waals surface area contributed by atoms with Crippen molar-refractivity contribution in [3.63, 3.8) is 0 Å². The van der Waals surface area contributed by atoms with Gasteiger partial charge in [0.05, 0.1) is 0 Å². The zero-order valence-corrected chi connectivity index (χ0v) is 12.7. The fourth-order valence-corrected chi connectivity index (χ4v) is 1.45. The summed E-state index contributed by atoms with van der Waals surface area (Å²) in [6.45, 7) is 7.50. The van der Waals surface area contributed by atoms with Gasteiger partial charge in [0.2, 0.25) is 0 Å². The summed E-state index contributed by atoms with van der Waals surface area (Å²) >= 11 is 1.96. The first-order valence-electron chi connectivity index (χ1n) is 6.04. The van der Waals surface area contributed by atoms with Crippen LogP contribution in [0.2, 0.25) is 0 Å². The van der Waals surface area contributed by atoms with Gasteiger partial charge in [-0.05, 0) is 38.6 Å². The number of halogens is 1. The molecule has 0 aliphatic carbocycles.